The SMILES string of the molecule is Cc1ccc(OC[C@H](O)Cn2c([C@@H]3CC(=O)N(c4ccc(Cl)cc4)C3)nc3ccccc32)cc1. The number of benzene rings is 3. The molecular weight excluding hydrogens is 450 g/mol. The lowest BCUT2D eigenvalue weighted by atomic mass is 10.1. The van der Waals surface area contributed by atoms with E-state index in [4.69, 9.17) is 21.3 Å². The van der Waals surface area contributed by atoms with E-state index >= 15 is 0 Å². The van der Waals surface area contributed by atoms with Crippen molar-refractivity contribution in [2.45, 2.75) is 31.9 Å². The van der Waals surface area contributed by atoms with Gasteiger partial charge in [-0.3, -0.25) is 4.79 Å². The minimum absolute atomic E-state index is 0.0502. The Labute approximate surface area is 203 Å². The number of hydrogen-bond donors (Lipinski definition) is 1. The summed E-state index contributed by atoms with van der Waals surface area (Å²) in [5.41, 5.74) is 3.76. The number of rotatable bonds is 7. The summed E-state index contributed by atoms with van der Waals surface area (Å²) in [6.07, 6.45) is -0.371. The second kappa shape index (κ2) is 9.49. The number of nitrogens with zero attached hydrogens (tertiary/aromatic N) is 3. The van der Waals surface area contributed by atoms with Crippen LogP contribution in [0, 0.1) is 6.92 Å². The molecule has 5 rings (SSSR count). The number of para-hydroxylation sites is 2. The molecule has 6 nitrogen and oxygen atoms in total. The summed E-state index contributed by atoms with van der Waals surface area (Å²) in [5, 5.41) is 11.4. The molecule has 1 amide bonds. The highest BCUT2D eigenvalue weighted by atomic mass is 35.5. The third kappa shape index (κ3) is 4.65. The third-order valence-electron chi connectivity index (χ3n) is 6.17. The van der Waals surface area contributed by atoms with Crippen molar-refractivity contribution < 1.29 is 14.6 Å². The van der Waals surface area contributed by atoms with Crippen molar-refractivity contribution in [3.05, 3.63) is 89.2 Å². The Morgan fingerprint density at radius 3 is 2.59 bits per heavy atom. The third-order valence-corrected chi connectivity index (χ3v) is 6.42. The van der Waals surface area contributed by atoms with Gasteiger partial charge >= 0.3 is 0 Å². The molecule has 0 saturated carbocycles. The van der Waals surface area contributed by atoms with E-state index in [1.807, 2.05) is 72.2 Å². The molecule has 0 unspecified atom stereocenters. The number of ether oxygens (including phenoxy) is 1. The number of hydrogen-bond acceptors (Lipinski definition) is 4. The Balaban J connectivity index is 1.37. The van der Waals surface area contributed by atoms with Gasteiger partial charge in [-0.15, -0.1) is 0 Å². The molecule has 1 aliphatic heterocycles. The van der Waals surface area contributed by atoms with Crippen LogP contribution in [-0.4, -0.2) is 39.8 Å². The van der Waals surface area contributed by atoms with Gasteiger partial charge in [-0.25, -0.2) is 4.98 Å². The summed E-state index contributed by atoms with van der Waals surface area (Å²) in [6, 6.07) is 22.9. The van der Waals surface area contributed by atoms with Crippen LogP contribution in [0.1, 0.15) is 23.7 Å². The topological polar surface area (TPSA) is 67.6 Å². The van der Waals surface area contributed by atoms with Gasteiger partial charge in [0.2, 0.25) is 5.91 Å². The summed E-state index contributed by atoms with van der Waals surface area (Å²) >= 11 is 6.01. The second-order valence-corrected chi connectivity index (χ2v) is 9.17. The van der Waals surface area contributed by atoms with E-state index < -0.39 is 6.10 Å². The molecule has 0 aliphatic carbocycles. The summed E-state index contributed by atoms with van der Waals surface area (Å²) in [7, 11) is 0. The normalized spacial score (nSPS) is 16.9. The number of aryl methyl sites for hydroxylation is 1. The molecule has 1 saturated heterocycles. The number of anilines is 1. The van der Waals surface area contributed by atoms with E-state index in [9.17, 15) is 9.90 Å². The Morgan fingerprint density at radius 1 is 1.09 bits per heavy atom. The zero-order valence-corrected chi connectivity index (χ0v) is 19.7. The first-order valence-corrected chi connectivity index (χ1v) is 11.7. The average molecular weight is 476 g/mol. The van der Waals surface area contributed by atoms with Crippen LogP contribution in [0.2, 0.25) is 5.02 Å². The summed E-state index contributed by atoms with van der Waals surface area (Å²) < 4.78 is 7.82. The highest BCUT2D eigenvalue weighted by Gasteiger charge is 2.35. The molecule has 0 bridgehead atoms. The minimum atomic E-state index is -0.734. The van der Waals surface area contributed by atoms with Gasteiger partial charge in [0.25, 0.3) is 0 Å². The van der Waals surface area contributed by atoms with Crippen molar-refractivity contribution in [2.75, 3.05) is 18.1 Å². The van der Waals surface area contributed by atoms with Crippen molar-refractivity contribution in [3.63, 3.8) is 0 Å². The number of aliphatic hydroxyl groups is 1. The first-order valence-electron chi connectivity index (χ1n) is 11.4. The Morgan fingerprint density at radius 2 is 1.82 bits per heavy atom. The molecule has 34 heavy (non-hydrogen) atoms. The van der Waals surface area contributed by atoms with Gasteiger partial charge in [0.05, 0.1) is 17.6 Å². The van der Waals surface area contributed by atoms with Crippen LogP contribution in [0.15, 0.2) is 72.8 Å². The number of amides is 1. The standard InChI is InChI=1S/C27H26ClN3O3/c1-18-6-12-23(13-7-18)34-17-22(32)16-31-25-5-3-2-4-24(25)29-27(31)19-14-26(33)30(15-19)21-10-8-20(28)9-11-21/h2-13,19,22,32H,14-17H2,1H3/t19-,22-/m1/s1. The van der Waals surface area contributed by atoms with Gasteiger partial charge in [0.1, 0.15) is 24.3 Å². The van der Waals surface area contributed by atoms with Crippen LogP contribution in [0.4, 0.5) is 5.69 Å². The lowest BCUT2D eigenvalue weighted by molar-refractivity contribution is -0.117. The molecule has 0 radical (unpaired) electrons. The molecule has 2 heterocycles. The molecular formula is C27H26ClN3O3. The lowest BCUT2D eigenvalue weighted by Gasteiger charge is -2.19. The van der Waals surface area contributed by atoms with Crippen LogP contribution in [-0.2, 0) is 11.3 Å². The van der Waals surface area contributed by atoms with E-state index in [1.165, 1.54) is 0 Å². The fourth-order valence-corrected chi connectivity index (χ4v) is 4.57. The number of carbonyl (C=O) groups is 1. The van der Waals surface area contributed by atoms with E-state index in [-0.39, 0.29) is 18.4 Å². The Kier molecular flexibility index (Phi) is 6.26. The largest absolute Gasteiger partial charge is 0.491 e. The zero-order chi connectivity index (χ0) is 23.7. The average Bonchev–Trinajstić information content (AvgIpc) is 3.40. The predicted octanol–water partition coefficient (Wildman–Crippen LogP) is 4.96. The predicted molar refractivity (Wildman–Crippen MR) is 134 cm³/mol. The van der Waals surface area contributed by atoms with E-state index in [1.54, 1.807) is 17.0 Å². The van der Waals surface area contributed by atoms with Crippen LogP contribution in [0.3, 0.4) is 0 Å². The number of imidazole rings is 1. The van der Waals surface area contributed by atoms with E-state index in [0.29, 0.717) is 24.5 Å². The molecule has 1 N–H and O–H groups in total. The monoisotopic (exact) mass is 475 g/mol. The number of fused-ring (bicyclic) bond motifs is 1. The number of carbonyl (C=O) groups excluding carboxylic acids is 1. The molecule has 2 atom stereocenters. The van der Waals surface area contributed by atoms with Crippen LogP contribution >= 0.6 is 11.6 Å². The van der Waals surface area contributed by atoms with Gasteiger partial charge < -0.3 is 19.3 Å². The maximum atomic E-state index is 12.9. The molecule has 3 aromatic carbocycles. The first-order chi connectivity index (χ1) is 16.5. The second-order valence-electron chi connectivity index (χ2n) is 8.73. The molecule has 1 aliphatic rings. The fourth-order valence-electron chi connectivity index (χ4n) is 4.44. The van der Waals surface area contributed by atoms with Crippen molar-refractivity contribution >= 4 is 34.2 Å². The van der Waals surface area contributed by atoms with Gasteiger partial charge in [0, 0.05) is 29.6 Å². The minimum Gasteiger partial charge on any atom is -0.491 e. The van der Waals surface area contributed by atoms with Gasteiger partial charge in [-0.2, -0.15) is 0 Å². The Hall–Kier alpha value is -3.35. The molecule has 7 heteroatoms. The van der Waals surface area contributed by atoms with Crippen molar-refractivity contribution in [2.24, 2.45) is 0 Å². The van der Waals surface area contributed by atoms with E-state index in [2.05, 4.69) is 0 Å². The van der Waals surface area contributed by atoms with Gasteiger partial charge in [0.15, 0.2) is 0 Å². The number of halogens is 1. The maximum Gasteiger partial charge on any atom is 0.227 e. The maximum absolute atomic E-state index is 12.9. The van der Waals surface area contributed by atoms with Crippen LogP contribution in [0.5, 0.6) is 5.75 Å². The van der Waals surface area contributed by atoms with Crippen LogP contribution in [0.25, 0.3) is 11.0 Å². The lowest BCUT2D eigenvalue weighted by Crippen LogP contribution is -2.26. The highest BCUT2D eigenvalue weighted by molar-refractivity contribution is 6.30. The van der Waals surface area contributed by atoms with Crippen molar-refractivity contribution in [1.29, 1.82) is 0 Å². The van der Waals surface area contributed by atoms with Gasteiger partial charge in [-0.05, 0) is 55.5 Å². The van der Waals surface area contributed by atoms with Gasteiger partial charge in [-0.1, -0.05) is 41.4 Å². The first kappa shape index (κ1) is 22.4. The number of aliphatic hydroxyl groups excluding tert-OH is 1. The molecule has 1 fully saturated rings. The Bertz CT molecular complexity index is 1300. The molecule has 1 aromatic heterocycles. The number of aromatic nitrogens is 2. The summed E-state index contributed by atoms with van der Waals surface area (Å²) in [6.45, 7) is 3.04. The molecule has 0 spiro atoms. The zero-order valence-electron chi connectivity index (χ0n) is 18.9. The fraction of sp³-hybridized carbons (Fsp3) is 0.259. The van der Waals surface area contributed by atoms with Crippen LogP contribution < -0.4 is 9.64 Å². The summed E-state index contributed by atoms with van der Waals surface area (Å²) in [4.78, 5) is 19.5. The molecule has 174 valence electrons. The summed E-state index contributed by atoms with van der Waals surface area (Å²) in [5.74, 6) is 1.50. The smallest absolute Gasteiger partial charge is 0.227 e. The van der Waals surface area contributed by atoms with Crippen molar-refractivity contribution in [1.82, 2.24) is 9.55 Å². The quantitative estimate of drug-likeness (QED) is 0.410. The van der Waals surface area contributed by atoms with E-state index in [0.717, 1.165) is 33.9 Å². The van der Waals surface area contributed by atoms with Crippen molar-refractivity contribution in [3.8, 4) is 5.75 Å². The highest BCUT2D eigenvalue weighted by Crippen LogP contribution is 2.33. The molecule has 4 aromatic rings.